The van der Waals surface area contributed by atoms with Gasteiger partial charge in [0.25, 0.3) is 5.91 Å². The largest absolute Gasteiger partial charge is 0.397 e. The fraction of sp³-hybridized carbons (Fsp3) is 0.0455. The van der Waals surface area contributed by atoms with Crippen molar-refractivity contribution in [3.05, 3.63) is 81.3 Å². The van der Waals surface area contributed by atoms with Gasteiger partial charge in [0.2, 0.25) is 0 Å². The number of carbonyl (C=O) groups is 1. The van der Waals surface area contributed by atoms with E-state index in [4.69, 9.17) is 17.3 Å². The van der Waals surface area contributed by atoms with Crippen LogP contribution in [0.1, 0.15) is 26.5 Å². The number of nitrogen functional groups attached to an aromatic ring is 1. The van der Waals surface area contributed by atoms with Crippen molar-refractivity contribution >= 4 is 62.6 Å². The van der Waals surface area contributed by atoms with Crippen molar-refractivity contribution in [1.82, 2.24) is 10.2 Å². The van der Waals surface area contributed by atoms with E-state index in [1.165, 1.54) is 11.3 Å². The maximum Gasteiger partial charge on any atom is 0.267 e. The standard InChI is InChI=1S/C22H17ClN4OS/c1-13-17(12-7-14-5-3-2-4-6-14)18-19(24)20(29-22(18)27-26-13)21(28)25-16-10-8-15(23)9-11-16/h2-12H,24H2,1H3,(H,25,28). The molecule has 0 unspecified atom stereocenters. The van der Waals surface area contributed by atoms with E-state index >= 15 is 0 Å². The highest BCUT2D eigenvalue weighted by Gasteiger charge is 2.20. The molecule has 7 heteroatoms. The molecule has 0 radical (unpaired) electrons. The Morgan fingerprint density at radius 3 is 2.52 bits per heavy atom. The van der Waals surface area contributed by atoms with Gasteiger partial charge < -0.3 is 11.1 Å². The van der Waals surface area contributed by atoms with Crippen molar-refractivity contribution in [2.24, 2.45) is 0 Å². The third-order valence-corrected chi connectivity index (χ3v) is 5.77. The van der Waals surface area contributed by atoms with E-state index in [9.17, 15) is 4.79 Å². The second-order valence-electron chi connectivity index (χ2n) is 6.43. The van der Waals surface area contributed by atoms with Gasteiger partial charge in [0.05, 0.1) is 11.4 Å². The Hall–Kier alpha value is -3.22. The Balaban J connectivity index is 1.72. The summed E-state index contributed by atoms with van der Waals surface area (Å²) < 4.78 is 0. The molecule has 3 N–H and O–H groups in total. The minimum absolute atomic E-state index is 0.288. The molecule has 0 bridgehead atoms. The summed E-state index contributed by atoms with van der Waals surface area (Å²) >= 11 is 7.13. The molecule has 0 fully saturated rings. The van der Waals surface area contributed by atoms with Crippen molar-refractivity contribution in [1.29, 1.82) is 0 Å². The van der Waals surface area contributed by atoms with Crippen LogP contribution in [-0.2, 0) is 0 Å². The number of fused-ring (bicyclic) bond motifs is 1. The Labute approximate surface area is 176 Å². The Morgan fingerprint density at radius 2 is 1.79 bits per heavy atom. The molecule has 0 aliphatic rings. The third kappa shape index (κ3) is 3.99. The molecule has 0 spiro atoms. The number of aryl methyl sites for hydroxylation is 1. The van der Waals surface area contributed by atoms with Crippen molar-refractivity contribution in [2.45, 2.75) is 6.92 Å². The normalized spacial score (nSPS) is 11.2. The first-order valence-corrected chi connectivity index (χ1v) is 10.1. The minimum Gasteiger partial charge on any atom is -0.397 e. The molecule has 1 amide bonds. The lowest BCUT2D eigenvalue weighted by Crippen LogP contribution is -2.11. The summed E-state index contributed by atoms with van der Waals surface area (Å²) in [4.78, 5) is 13.8. The zero-order valence-corrected chi connectivity index (χ0v) is 17.1. The summed E-state index contributed by atoms with van der Waals surface area (Å²) in [5.74, 6) is -0.288. The number of anilines is 2. The van der Waals surface area contributed by atoms with Gasteiger partial charge in [0, 0.05) is 21.7 Å². The van der Waals surface area contributed by atoms with Gasteiger partial charge in [-0.15, -0.1) is 16.4 Å². The van der Waals surface area contributed by atoms with Gasteiger partial charge in [-0.1, -0.05) is 54.1 Å². The lowest BCUT2D eigenvalue weighted by Gasteiger charge is -2.05. The van der Waals surface area contributed by atoms with Crippen LogP contribution >= 0.6 is 22.9 Å². The van der Waals surface area contributed by atoms with Gasteiger partial charge in [0.1, 0.15) is 9.71 Å². The van der Waals surface area contributed by atoms with E-state index in [0.29, 0.717) is 26.1 Å². The lowest BCUT2D eigenvalue weighted by molar-refractivity contribution is 0.103. The van der Waals surface area contributed by atoms with Crippen LogP contribution < -0.4 is 11.1 Å². The zero-order valence-electron chi connectivity index (χ0n) is 15.5. The molecule has 4 rings (SSSR count). The molecule has 144 valence electrons. The number of hydrogen-bond donors (Lipinski definition) is 2. The van der Waals surface area contributed by atoms with Crippen molar-refractivity contribution in [3.63, 3.8) is 0 Å². The molecule has 2 aromatic heterocycles. The smallest absolute Gasteiger partial charge is 0.267 e. The van der Waals surface area contributed by atoms with Crippen molar-refractivity contribution < 1.29 is 4.79 Å². The molecule has 0 atom stereocenters. The molecule has 0 aliphatic carbocycles. The number of carbonyl (C=O) groups excluding carboxylic acids is 1. The number of nitrogens with zero attached hydrogens (tertiary/aromatic N) is 2. The van der Waals surface area contributed by atoms with Crippen molar-refractivity contribution in [3.8, 4) is 0 Å². The predicted octanol–water partition coefficient (Wildman–Crippen LogP) is 5.66. The molecule has 2 aromatic carbocycles. The Morgan fingerprint density at radius 1 is 1.07 bits per heavy atom. The fourth-order valence-corrected chi connectivity index (χ4v) is 4.03. The summed E-state index contributed by atoms with van der Waals surface area (Å²) in [5, 5.41) is 12.7. The lowest BCUT2D eigenvalue weighted by atomic mass is 10.1. The van der Waals surface area contributed by atoms with Crippen LogP contribution in [0.2, 0.25) is 5.02 Å². The first kappa shape index (κ1) is 19.1. The third-order valence-electron chi connectivity index (χ3n) is 4.43. The van der Waals surface area contributed by atoms with E-state index in [1.807, 2.05) is 49.4 Å². The molecule has 4 aromatic rings. The van der Waals surface area contributed by atoms with Gasteiger partial charge in [-0.3, -0.25) is 4.79 Å². The average molecular weight is 421 g/mol. The highest BCUT2D eigenvalue weighted by Crippen LogP contribution is 2.36. The SMILES string of the molecule is Cc1nnc2sc(C(=O)Nc3ccc(Cl)cc3)c(N)c2c1C=Cc1ccccc1. The summed E-state index contributed by atoms with van der Waals surface area (Å²) in [5.41, 5.74) is 10.1. The Bertz CT molecular complexity index is 1220. The zero-order chi connectivity index (χ0) is 20.4. The molecule has 5 nitrogen and oxygen atoms in total. The molecule has 0 aliphatic heterocycles. The average Bonchev–Trinajstić information content (AvgIpc) is 3.07. The van der Waals surface area contributed by atoms with Gasteiger partial charge in [-0.2, -0.15) is 5.10 Å². The number of rotatable bonds is 4. The van der Waals surface area contributed by atoms with Gasteiger partial charge >= 0.3 is 0 Å². The first-order chi connectivity index (χ1) is 14.0. The van der Waals surface area contributed by atoms with Gasteiger partial charge in [0.15, 0.2) is 0 Å². The van der Waals surface area contributed by atoms with E-state index in [2.05, 4.69) is 15.5 Å². The summed E-state index contributed by atoms with van der Waals surface area (Å²) in [6.45, 7) is 1.88. The molecule has 0 saturated carbocycles. The maximum absolute atomic E-state index is 12.8. The second-order valence-corrected chi connectivity index (χ2v) is 7.86. The van der Waals surface area contributed by atoms with Crippen LogP contribution in [0.5, 0.6) is 0 Å². The molecule has 29 heavy (non-hydrogen) atoms. The minimum atomic E-state index is -0.288. The summed E-state index contributed by atoms with van der Waals surface area (Å²) in [6.07, 6.45) is 3.96. The first-order valence-electron chi connectivity index (χ1n) is 8.88. The van der Waals surface area contributed by atoms with E-state index < -0.39 is 0 Å². The number of thiophene rings is 1. The number of nitrogens with one attached hydrogen (secondary N) is 1. The Kier molecular flexibility index (Phi) is 5.29. The van der Waals surface area contributed by atoms with Crippen LogP contribution in [0.4, 0.5) is 11.4 Å². The predicted molar refractivity (Wildman–Crippen MR) is 121 cm³/mol. The highest BCUT2D eigenvalue weighted by molar-refractivity contribution is 7.21. The summed E-state index contributed by atoms with van der Waals surface area (Å²) in [7, 11) is 0. The van der Waals surface area contributed by atoms with Crippen LogP contribution in [-0.4, -0.2) is 16.1 Å². The topological polar surface area (TPSA) is 80.9 Å². The molecule has 0 saturated heterocycles. The highest BCUT2D eigenvalue weighted by atomic mass is 35.5. The van der Waals surface area contributed by atoms with Gasteiger partial charge in [-0.25, -0.2) is 0 Å². The number of amides is 1. The van der Waals surface area contributed by atoms with Crippen LogP contribution in [0.25, 0.3) is 22.4 Å². The second kappa shape index (κ2) is 8.03. The molecular weight excluding hydrogens is 404 g/mol. The van der Waals surface area contributed by atoms with E-state index in [0.717, 1.165) is 22.2 Å². The molecular formula is C22H17ClN4OS. The van der Waals surface area contributed by atoms with Crippen LogP contribution in [0.3, 0.4) is 0 Å². The monoisotopic (exact) mass is 420 g/mol. The number of aromatic nitrogens is 2. The number of halogens is 1. The van der Waals surface area contributed by atoms with Gasteiger partial charge in [-0.05, 0) is 36.8 Å². The van der Waals surface area contributed by atoms with Crippen LogP contribution in [0.15, 0.2) is 54.6 Å². The fourth-order valence-electron chi connectivity index (χ4n) is 2.95. The van der Waals surface area contributed by atoms with E-state index in [-0.39, 0.29) is 5.91 Å². The number of nitrogens with two attached hydrogens (primary N) is 1. The number of hydrogen-bond acceptors (Lipinski definition) is 5. The quantitative estimate of drug-likeness (QED) is 0.446. The van der Waals surface area contributed by atoms with Crippen molar-refractivity contribution in [2.75, 3.05) is 11.1 Å². The molecule has 2 heterocycles. The maximum atomic E-state index is 12.8. The summed E-state index contributed by atoms with van der Waals surface area (Å²) in [6, 6.07) is 16.9. The number of benzene rings is 2. The van der Waals surface area contributed by atoms with E-state index in [1.54, 1.807) is 24.3 Å². The van der Waals surface area contributed by atoms with Crippen LogP contribution in [0, 0.1) is 6.92 Å².